The van der Waals surface area contributed by atoms with E-state index in [9.17, 15) is 23.7 Å². The molecule has 0 N–H and O–H groups in total. The molecule has 0 bridgehead atoms. The summed E-state index contributed by atoms with van der Waals surface area (Å²) in [5.41, 5.74) is 20.6. The highest BCUT2D eigenvalue weighted by Crippen LogP contribution is 2.46. The number of alkyl halides is 3. The molecule has 0 unspecified atom stereocenters. The summed E-state index contributed by atoms with van der Waals surface area (Å²) in [6, 6.07) is 79.5. The first-order valence-electron chi connectivity index (χ1n) is 26.6. The Hall–Kier alpha value is -10.2. The molecule has 2 heterocycles. The molecule has 0 fully saturated rings. The van der Waals surface area contributed by atoms with Gasteiger partial charge in [-0.15, -0.1) is 0 Å². The molecule has 0 saturated carbocycles. The van der Waals surface area contributed by atoms with E-state index in [0.29, 0.717) is 16.7 Å². The van der Waals surface area contributed by atoms with Gasteiger partial charge in [-0.25, -0.2) is 0 Å². The fourth-order valence-electron chi connectivity index (χ4n) is 12.0. The zero-order valence-electron chi connectivity index (χ0n) is 44.3. The van der Waals surface area contributed by atoms with Gasteiger partial charge in [-0.1, -0.05) is 140 Å². The maximum Gasteiger partial charge on any atom is 0.416 e. The standard InChI is InChI=1S/C73H49F3N4/c1-44-13-5-9-17-56(44)49-22-30-68-63(37-49)64-38-50(57-18-10-6-14-45(57)2)23-31-69(64)79(68)67-34-26-53(60-29-27-55(73(74,75)76)36-54(60)43-78)41-62(67)61-28-21-48(42-77)35-72(61)80-70-32-24-51(58-19-11-7-15-46(58)3)39-65(70)66-40-52(25-33-71(66)80)59-20-12-8-16-47(59)4/h5-41H,1-4H3. The van der Waals surface area contributed by atoms with Gasteiger partial charge in [0, 0.05) is 32.7 Å². The highest BCUT2D eigenvalue weighted by atomic mass is 19.4. The quantitative estimate of drug-likeness (QED) is 0.152. The van der Waals surface area contributed by atoms with Crippen LogP contribution in [0.25, 0.3) is 122 Å². The summed E-state index contributed by atoms with van der Waals surface area (Å²) >= 11 is 0. The average Bonchev–Trinajstić information content (AvgIpc) is 4.00. The second-order valence-corrected chi connectivity index (χ2v) is 20.8. The van der Waals surface area contributed by atoms with E-state index < -0.39 is 11.7 Å². The van der Waals surface area contributed by atoms with Crippen molar-refractivity contribution >= 4 is 43.6 Å². The minimum atomic E-state index is -4.64. The first kappa shape index (κ1) is 49.4. The van der Waals surface area contributed by atoms with E-state index in [-0.39, 0.29) is 5.56 Å². The number of nitriles is 2. The van der Waals surface area contributed by atoms with Gasteiger partial charge in [0.05, 0.1) is 62.3 Å². The molecule has 0 atom stereocenters. The predicted molar refractivity (Wildman–Crippen MR) is 321 cm³/mol. The van der Waals surface area contributed by atoms with Crippen LogP contribution in [-0.4, -0.2) is 9.13 Å². The van der Waals surface area contributed by atoms with Crippen LogP contribution in [0.1, 0.15) is 38.9 Å². The highest BCUT2D eigenvalue weighted by molar-refractivity contribution is 6.14. The first-order valence-corrected chi connectivity index (χ1v) is 26.6. The Balaban J connectivity index is 1.13. The molecule has 0 aliphatic rings. The number of hydrogen-bond donors (Lipinski definition) is 0. The molecule has 0 aliphatic carbocycles. The van der Waals surface area contributed by atoms with Crippen LogP contribution < -0.4 is 0 Å². The Morgan fingerprint density at radius 1 is 0.325 bits per heavy atom. The molecule has 11 aromatic carbocycles. The zero-order valence-corrected chi connectivity index (χ0v) is 44.3. The van der Waals surface area contributed by atoms with Crippen molar-refractivity contribution in [2.45, 2.75) is 33.9 Å². The van der Waals surface area contributed by atoms with Crippen LogP contribution in [0.4, 0.5) is 13.2 Å². The van der Waals surface area contributed by atoms with Crippen LogP contribution in [0.2, 0.25) is 0 Å². The van der Waals surface area contributed by atoms with Crippen LogP contribution in [0.3, 0.4) is 0 Å². The Morgan fingerprint density at radius 3 is 1.09 bits per heavy atom. The lowest BCUT2D eigenvalue weighted by Crippen LogP contribution is -2.05. The second kappa shape index (κ2) is 19.4. The summed E-state index contributed by atoms with van der Waals surface area (Å²) in [4.78, 5) is 0. The molecule has 0 spiro atoms. The van der Waals surface area contributed by atoms with Crippen molar-refractivity contribution in [1.29, 1.82) is 10.5 Å². The lowest BCUT2D eigenvalue weighted by Gasteiger charge is -2.20. The Morgan fingerprint density at radius 2 is 0.700 bits per heavy atom. The van der Waals surface area contributed by atoms with Gasteiger partial charge in [-0.2, -0.15) is 23.7 Å². The van der Waals surface area contributed by atoms with Crippen LogP contribution in [0.5, 0.6) is 0 Å². The molecule has 0 radical (unpaired) electrons. The molecular weight excluding hydrogens is 990 g/mol. The van der Waals surface area contributed by atoms with Crippen LogP contribution in [-0.2, 0) is 6.18 Å². The van der Waals surface area contributed by atoms with Gasteiger partial charge in [-0.3, -0.25) is 0 Å². The highest BCUT2D eigenvalue weighted by Gasteiger charge is 2.32. The van der Waals surface area contributed by atoms with E-state index in [1.165, 1.54) is 6.07 Å². The van der Waals surface area contributed by atoms with Crippen molar-refractivity contribution in [3.8, 4) is 90.3 Å². The number of aromatic nitrogens is 2. The topological polar surface area (TPSA) is 57.4 Å². The van der Waals surface area contributed by atoms with Gasteiger partial charge < -0.3 is 9.13 Å². The van der Waals surface area contributed by atoms with E-state index >= 15 is 0 Å². The summed E-state index contributed by atoms with van der Waals surface area (Å²) in [6.07, 6.45) is -4.64. The van der Waals surface area contributed by atoms with Crippen molar-refractivity contribution in [1.82, 2.24) is 9.13 Å². The third kappa shape index (κ3) is 8.31. The number of halogens is 3. The van der Waals surface area contributed by atoms with E-state index in [0.717, 1.165) is 145 Å². The third-order valence-electron chi connectivity index (χ3n) is 16.0. The largest absolute Gasteiger partial charge is 0.416 e. The predicted octanol–water partition coefficient (Wildman–Crippen LogP) is 19.9. The molecule has 7 heteroatoms. The zero-order chi connectivity index (χ0) is 55.0. The number of aryl methyl sites for hydroxylation is 4. The van der Waals surface area contributed by atoms with Crippen LogP contribution in [0, 0.1) is 50.4 Å². The van der Waals surface area contributed by atoms with Crippen molar-refractivity contribution in [2.24, 2.45) is 0 Å². The normalized spacial score (nSPS) is 11.7. The molecule has 4 nitrogen and oxygen atoms in total. The van der Waals surface area contributed by atoms with Crippen LogP contribution >= 0.6 is 0 Å². The monoisotopic (exact) mass is 1040 g/mol. The third-order valence-corrected chi connectivity index (χ3v) is 16.0. The molecule has 13 rings (SSSR count). The smallest absolute Gasteiger partial charge is 0.309 e. The molecule has 0 amide bonds. The minimum absolute atomic E-state index is 0.0979. The number of benzene rings is 11. The van der Waals surface area contributed by atoms with Crippen molar-refractivity contribution in [3.63, 3.8) is 0 Å². The lowest BCUT2D eigenvalue weighted by molar-refractivity contribution is -0.137. The summed E-state index contributed by atoms with van der Waals surface area (Å²) < 4.78 is 47.3. The Kier molecular flexibility index (Phi) is 11.9. The molecule has 0 saturated heterocycles. The molecule has 80 heavy (non-hydrogen) atoms. The summed E-state index contributed by atoms with van der Waals surface area (Å²) in [7, 11) is 0. The summed E-state index contributed by atoms with van der Waals surface area (Å²) in [5.74, 6) is 0. The summed E-state index contributed by atoms with van der Waals surface area (Å²) in [6.45, 7) is 8.50. The Bertz CT molecular complexity index is 4580. The maximum atomic E-state index is 14.2. The number of nitrogens with zero attached hydrogens (tertiary/aromatic N) is 4. The van der Waals surface area contributed by atoms with Gasteiger partial charge in [0.15, 0.2) is 0 Å². The van der Waals surface area contributed by atoms with Gasteiger partial charge in [0.25, 0.3) is 0 Å². The maximum absolute atomic E-state index is 14.2. The molecule has 0 aliphatic heterocycles. The minimum Gasteiger partial charge on any atom is -0.309 e. The summed E-state index contributed by atoms with van der Waals surface area (Å²) in [5, 5.41) is 25.4. The van der Waals surface area contributed by atoms with Gasteiger partial charge in [-0.05, 0) is 191 Å². The number of fused-ring (bicyclic) bond motifs is 6. The van der Waals surface area contributed by atoms with Gasteiger partial charge in [0.2, 0.25) is 0 Å². The SMILES string of the molecule is Cc1ccccc1-c1ccc2c(c1)c1cc(-c3ccccc3C)ccc1n2-c1ccc(-c2ccc(C(F)(F)F)cc2C#N)cc1-c1ccc(C#N)cc1-n1c2ccc(-c3ccccc3C)cc2c2cc(-c3ccccc3C)ccc21. The fourth-order valence-corrected chi connectivity index (χ4v) is 12.0. The van der Waals surface area contributed by atoms with Crippen molar-refractivity contribution < 1.29 is 13.2 Å². The van der Waals surface area contributed by atoms with Crippen molar-refractivity contribution in [2.75, 3.05) is 0 Å². The average molecular weight is 1040 g/mol. The van der Waals surface area contributed by atoms with E-state index in [1.807, 2.05) is 48.5 Å². The van der Waals surface area contributed by atoms with Crippen LogP contribution in [0.15, 0.2) is 224 Å². The molecular formula is C73H49F3N4. The lowest BCUT2D eigenvalue weighted by atomic mass is 9.92. The fraction of sp³-hybridized carbons (Fsp3) is 0.0685. The van der Waals surface area contributed by atoms with Crippen molar-refractivity contribution in [3.05, 3.63) is 263 Å². The Labute approximate surface area is 461 Å². The van der Waals surface area contributed by atoms with Gasteiger partial charge in [0.1, 0.15) is 0 Å². The molecule has 2 aromatic heterocycles. The first-order chi connectivity index (χ1) is 38.9. The molecule has 382 valence electrons. The van der Waals surface area contributed by atoms with E-state index in [2.05, 4.69) is 207 Å². The number of hydrogen-bond acceptors (Lipinski definition) is 2. The van der Waals surface area contributed by atoms with Gasteiger partial charge >= 0.3 is 6.18 Å². The van der Waals surface area contributed by atoms with E-state index in [4.69, 9.17) is 0 Å². The molecule has 13 aromatic rings. The van der Waals surface area contributed by atoms with E-state index in [1.54, 1.807) is 0 Å². The number of rotatable bonds is 8. The second-order valence-electron chi connectivity index (χ2n) is 20.8.